The molecule has 0 aliphatic carbocycles. The minimum Gasteiger partial charge on any atom is -0.507 e. The first kappa shape index (κ1) is 15.6. The zero-order valence-corrected chi connectivity index (χ0v) is 13.5. The van der Waals surface area contributed by atoms with Crippen molar-refractivity contribution in [3.8, 4) is 28.4 Å². The molecule has 0 aliphatic rings. The summed E-state index contributed by atoms with van der Waals surface area (Å²) in [6.07, 6.45) is 0. The van der Waals surface area contributed by atoms with Crippen molar-refractivity contribution in [2.75, 3.05) is 7.11 Å². The third-order valence-electron chi connectivity index (χ3n) is 3.43. The van der Waals surface area contributed by atoms with Crippen LogP contribution in [0.4, 0.5) is 0 Å². The molecular formula is C17H20O3S. The van der Waals surface area contributed by atoms with Crippen molar-refractivity contribution in [1.29, 1.82) is 0 Å². The molecule has 21 heavy (non-hydrogen) atoms. The minimum atomic E-state index is -0.341. The highest BCUT2D eigenvalue weighted by atomic mass is 32.1. The Hall–Kier alpha value is -1.81. The summed E-state index contributed by atoms with van der Waals surface area (Å²) in [5, 5.41) is 20.5. The Morgan fingerprint density at radius 3 is 2.29 bits per heavy atom. The second-order valence-electron chi connectivity index (χ2n) is 5.65. The molecule has 0 bridgehead atoms. The Morgan fingerprint density at radius 2 is 1.71 bits per heavy atom. The summed E-state index contributed by atoms with van der Waals surface area (Å²) in [5.41, 5.74) is 3.01. The van der Waals surface area contributed by atoms with Crippen LogP contribution in [0.3, 0.4) is 0 Å². The maximum absolute atomic E-state index is 10.3. The quantitative estimate of drug-likeness (QED) is 0.743. The average molecular weight is 304 g/mol. The van der Waals surface area contributed by atoms with Crippen LogP contribution in [-0.4, -0.2) is 17.3 Å². The van der Waals surface area contributed by atoms with Gasteiger partial charge in [0.15, 0.2) is 11.5 Å². The van der Waals surface area contributed by atoms with E-state index in [9.17, 15) is 10.2 Å². The lowest BCUT2D eigenvalue weighted by Crippen LogP contribution is -2.07. The fraction of sp³-hybridized carbons (Fsp3) is 0.294. The van der Waals surface area contributed by atoms with E-state index in [-0.39, 0.29) is 16.2 Å². The monoisotopic (exact) mass is 304 g/mol. The van der Waals surface area contributed by atoms with Gasteiger partial charge in [0.1, 0.15) is 5.75 Å². The Morgan fingerprint density at radius 1 is 1.05 bits per heavy atom. The first-order chi connectivity index (χ1) is 9.74. The van der Waals surface area contributed by atoms with E-state index in [1.165, 1.54) is 7.11 Å². The van der Waals surface area contributed by atoms with Crippen LogP contribution in [0.15, 0.2) is 30.3 Å². The second-order valence-corrected chi connectivity index (χ2v) is 6.77. The molecule has 2 rings (SSSR count). The van der Waals surface area contributed by atoms with Gasteiger partial charge in [-0.2, -0.15) is 12.6 Å². The van der Waals surface area contributed by atoms with Crippen molar-refractivity contribution in [2.24, 2.45) is 0 Å². The summed E-state index contributed by atoms with van der Waals surface area (Å²) in [6, 6.07) is 8.87. The fourth-order valence-corrected chi connectivity index (χ4v) is 2.38. The van der Waals surface area contributed by atoms with E-state index >= 15 is 0 Å². The number of aryl methyl sites for hydroxylation is 1. The fourth-order valence-electron chi connectivity index (χ4n) is 2.24. The van der Waals surface area contributed by atoms with E-state index in [0.717, 1.165) is 11.1 Å². The molecule has 4 heteroatoms. The van der Waals surface area contributed by atoms with Crippen molar-refractivity contribution >= 4 is 12.6 Å². The smallest absolute Gasteiger partial charge is 0.165 e. The lowest BCUT2D eigenvalue weighted by Gasteiger charge is -2.20. The highest BCUT2D eigenvalue weighted by Gasteiger charge is 2.19. The van der Waals surface area contributed by atoms with Gasteiger partial charge in [0.05, 0.1) is 7.11 Å². The molecule has 0 aromatic heterocycles. The molecule has 2 N–H and O–H groups in total. The minimum absolute atomic E-state index is 0.0209. The van der Waals surface area contributed by atoms with Gasteiger partial charge in [0, 0.05) is 15.9 Å². The highest BCUT2D eigenvalue weighted by molar-refractivity contribution is 7.81. The molecule has 0 spiro atoms. The van der Waals surface area contributed by atoms with Crippen LogP contribution in [0.5, 0.6) is 17.2 Å². The maximum Gasteiger partial charge on any atom is 0.165 e. The number of rotatable bonds is 3. The summed E-state index contributed by atoms with van der Waals surface area (Å²) >= 11 is 4.55. The van der Waals surface area contributed by atoms with Gasteiger partial charge in [-0.1, -0.05) is 6.07 Å². The van der Waals surface area contributed by atoms with E-state index in [1.54, 1.807) is 12.1 Å². The first-order valence-corrected chi connectivity index (χ1v) is 7.12. The predicted octanol–water partition coefficient (Wildman–Crippen LogP) is 4.25. The molecule has 0 heterocycles. The zero-order chi connectivity index (χ0) is 15.8. The lowest BCUT2D eigenvalue weighted by molar-refractivity contribution is 0.374. The number of benzene rings is 2. The van der Waals surface area contributed by atoms with Crippen molar-refractivity contribution in [3.05, 3.63) is 41.5 Å². The molecule has 0 amide bonds. The van der Waals surface area contributed by atoms with Gasteiger partial charge in [0.25, 0.3) is 0 Å². The third kappa shape index (κ3) is 3.10. The van der Waals surface area contributed by atoms with Crippen LogP contribution in [0, 0.1) is 6.92 Å². The van der Waals surface area contributed by atoms with Gasteiger partial charge in [-0.05, 0) is 56.2 Å². The summed E-state index contributed by atoms with van der Waals surface area (Å²) in [6.45, 7) is 5.86. The number of phenols is 2. The first-order valence-electron chi connectivity index (χ1n) is 6.68. The lowest BCUT2D eigenvalue weighted by atomic mass is 9.94. The molecule has 0 saturated heterocycles. The van der Waals surface area contributed by atoms with E-state index in [0.29, 0.717) is 16.9 Å². The van der Waals surface area contributed by atoms with Gasteiger partial charge in [-0.3, -0.25) is 0 Å². The molecule has 0 radical (unpaired) electrons. The van der Waals surface area contributed by atoms with E-state index in [1.807, 2.05) is 39.0 Å². The number of hydrogen-bond donors (Lipinski definition) is 3. The standard InChI is InChI=1S/C17H20O3S/c1-10-7-13(16(19)15(8-10)20-4)12-9-11(17(2,3)21)5-6-14(12)18/h5-9,18-19,21H,1-4H3. The molecule has 2 aromatic carbocycles. The van der Waals surface area contributed by atoms with Crippen molar-refractivity contribution in [1.82, 2.24) is 0 Å². The maximum atomic E-state index is 10.3. The van der Waals surface area contributed by atoms with Gasteiger partial charge in [-0.25, -0.2) is 0 Å². The predicted molar refractivity (Wildman–Crippen MR) is 88.5 cm³/mol. The zero-order valence-electron chi connectivity index (χ0n) is 12.6. The Labute approximate surface area is 130 Å². The normalized spacial score (nSPS) is 11.5. The average Bonchev–Trinajstić information content (AvgIpc) is 2.40. The van der Waals surface area contributed by atoms with E-state index < -0.39 is 0 Å². The summed E-state index contributed by atoms with van der Waals surface area (Å²) in [4.78, 5) is 0. The number of hydrogen-bond acceptors (Lipinski definition) is 4. The number of aromatic hydroxyl groups is 2. The third-order valence-corrected chi connectivity index (χ3v) is 3.69. The summed E-state index contributed by atoms with van der Waals surface area (Å²) in [7, 11) is 1.51. The van der Waals surface area contributed by atoms with Crippen molar-refractivity contribution in [2.45, 2.75) is 25.5 Å². The van der Waals surface area contributed by atoms with E-state index in [4.69, 9.17) is 4.74 Å². The Kier molecular flexibility index (Phi) is 4.10. The molecule has 0 unspecified atom stereocenters. The molecule has 2 aromatic rings. The number of methoxy groups -OCH3 is 1. The largest absolute Gasteiger partial charge is 0.507 e. The number of ether oxygens (including phenoxy) is 1. The molecule has 0 aliphatic heterocycles. The molecule has 0 fully saturated rings. The topological polar surface area (TPSA) is 49.7 Å². The van der Waals surface area contributed by atoms with Crippen LogP contribution < -0.4 is 4.74 Å². The number of phenolic OH excluding ortho intramolecular Hbond substituents is 2. The van der Waals surface area contributed by atoms with E-state index in [2.05, 4.69) is 12.6 Å². The Bertz CT molecular complexity index is 672. The molecule has 0 atom stereocenters. The molecule has 3 nitrogen and oxygen atoms in total. The highest BCUT2D eigenvalue weighted by Crippen LogP contribution is 2.43. The van der Waals surface area contributed by atoms with Crippen LogP contribution in [-0.2, 0) is 4.75 Å². The van der Waals surface area contributed by atoms with Crippen LogP contribution >= 0.6 is 12.6 Å². The summed E-state index contributed by atoms with van der Waals surface area (Å²) in [5.74, 6) is 0.520. The molecule has 112 valence electrons. The second kappa shape index (κ2) is 5.53. The van der Waals surface area contributed by atoms with Crippen LogP contribution in [0.25, 0.3) is 11.1 Å². The van der Waals surface area contributed by atoms with Crippen molar-refractivity contribution in [3.63, 3.8) is 0 Å². The SMILES string of the molecule is COc1cc(C)cc(-c2cc(C(C)(C)S)ccc2O)c1O. The Balaban J connectivity index is 2.70. The molecular weight excluding hydrogens is 284 g/mol. The van der Waals surface area contributed by atoms with Gasteiger partial charge < -0.3 is 14.9 Å². The van der Waals surface area contributed by atoms with Crippen LogP contribution in [0.1, 0.15) is 25.0 Å². The van der Waals surface area contributed by atoms with Gasteiger partial charge in [-0.15, -0.1) is 0 Å². The van der Waals surface area contributed by atoms with Gasteiger partial charge in [0.2, 0.25) is 0 Å². The molecule has 0 saturated carbocycles. The van der Waals surface area contributed by atoms with Crippen molar-refractivity contribution < 1.29 is 14.9 Å². The number of thiol groups is 1. The van der Waals surface area contributed by atoms with Crippen LogP contribution in [0.2, 0.25) is 0 Å². The summed E-state index contributed by atoms with van der Waals surface area (Å²) < 4.78 is 4.84. The van der Waals surface area contributed by atoms with Gasteiger partial charge >= 0.3 is 0 Å².